The number of allylic oxidation sites excluding steroid dienone is 18. The molecule has 3 radical (unpaired) electrons. The molecule has 0 aliphatic rings. The summed E-state index contributed by atoms with van der Waals surface area (Å²) in [6.45, 7) is 30.2. The normalized spacial score (nSPS) is 8.95. The van der Waals surface area contributed by atoms with Crippen LogP contribution in [0.1, 0.15) is 80.1 Å². The number of Topliss-reactive ketones (excluding diaryl/α,β-unsaturated/α-hetero) is 6. The van der Waals surface area contributed by atoms with Gasteiger partial charge >= 0.3 is 0 Å². The minimum absolute atomic E-state index is 0. The summed E-state index contributed by atoms with van der Waals surface area (Å²) in [5.41, 5.74) is 0. The van der Waals surface area contributed by atoms with Gasteiger partial charge in [-0.25, -0.2) is 0 Å². The summed E-state index contributed by atoms with van der Waals surface area (Å²) in [6, 6.07) is 0. The smallest absolute Gasteiger partial charge is 0 e. The maximum absolute atomic E-state index is 10.3. The fraction of sp³-hybridized carbons (Fsp3) is 0.250. The van der Waals surface area contributed by atoms with Gasteiger partial charge in [0.2, 0.25) is 0 Å². The first kappa shape index (κ1) is 75.3. The molecule has 0 atom stereocenters. The van der Waals surface area contributed by atoms with Crippen molar-refractivity contribution in [2.45, 2.75) is 80.1 Å². The molecule has 0 unspecified atom stereocenters. The minimum Gasteiger partial charge on any atom is -0.335 e. The molecule has 9 heteroatoms. The van der Waals surface area contributed by atoms with Crippen molar-refractivity contribution in [2.75, 3.05) is 0 Å². The van der Waals surface area contributed by atoms with E-state index in [-0.39, 0.29) is 133 Å². The van der Waals surface area contributed by atoms with E-state index in [9.17, 15) is 28.8 Å². The monoisotopic (exact) mass is 1010 g/mol. The third-order valence-electron chi connectivity index (χ3n) is 4.88. The molecule has 0 fully saturated rings. The van der Waals surface area contributed by atoms with Gasteiger partial charge in [0.15, 0.2) is 0 Å². The van der Waals surface area contributed by atoms with Gasteiger partial charge in [-0.05, 0) is 76.2 Å². The summed E-state index contributed by atoms with van der Waals surface area (Å²) >= 11 is 0. The van der Waals surface area contributed by atoms with Gasteiger partial charge in [-0.1, -0.05) is 112 Å². The summed E-state index contributed by atoms with van der Waals surface area (Å²) in [4.78, 5) is 61.7. The van der Waals surface area contributed by atoms with E-state index in [0.29, 0.717) is 38.5 Å². The van der Waals surface area contributed by atoms with Crippen molar-refractivity contribution in [2.24, 2.45) is 0 Å². The maximum atomic E-state index is 10.3. The van der Waals surface area contributed by atoms with Crippen LogP contribution in [0.4, 0.5) is 0 Å². The zero-order valence-corrected chi connectivity index (χ0v) is 44.0. The van der Waals surface area contributed by atoms with E-state index in [4.69, 9.17) is 0 Å². The Hall–Kier alpha value is -2.57. The molecule has 0 heterocycles. The summed E-state index contributed by atoms with van der Waals surface area (Å²) in [7, 11) is 0. The van der Waals surface area contributed by atoms with Crippen LogP contribution < -0.4 is 0 Å². The quantitative estimate of drug-likeness (QED) is 0.0705. The Labute approximate surface area is 424 Å². The van der Waals surface area contributed by atoms with Crippen molar-refractivity contribution in [3.8, 4) is 0 Å². The van der Waals surface area contributed by atoms with Gasteiger partial charge in [0, 0.05) is 98.1 Å². The first-order valence-electron chi connectivity index (χ1n) is 17.3. The fourth-order valence-corrected chi connectivity index (χ4v) is 2.45. The predicted molar refractivity (Wildman–Crippen MR) is 234 cm³/mol. The second-order valence-electron chi connectivity index (χ2n) is 10.3. The van der Waals surface area contributed by atoms with Crippen molar-refractivity contribution in [3.63, 3.8) is 0 Å². The molecule has 0 aromatic carbocycles. The zero-order valence-electron chi connectivity index (χ0n) is 35.5. The van der Waals surface area contributed by atoms with Gasteiger partial charge < -0.3 is 67.3 Å². The standard InChI is InChI=1S/6C8H11O.3Y/c6*1-3-4-5-6-7-8(2)9;;;/h6*3-5,7H,1,6H2,2H3;;;/q6*-1;;;/b3*5-4+;3*5-4-;;;. The predicted octanol–water partition coefficient (Wildman–Crippen LogP) is 11.5. The minimum atomic E-state index is 0. The summed E-state index contributed by atoms with van der Waals surface area (Å²) in [5.74, 6) is 0.687. The number of carbonyl (C=O) groups is 6. The molecule has 0 aromatic rings. The van der Waals surface area contributed by atoms with Gasteiger partial charge in [-0.3, -0.25) is 0 Å². The van der Waals surface area contributed by atoms with Crippen molar-refractivity contribution in [3.05, 3.63) is 187 Å². The third kappa shape index (κ3) is 126. The molecular weight excluding hydrogens is 939 g/mol. The van der Waals surface area contributed by atoms with Crippen LogP contribution >= 0.6 is 0 Å². The van der Waals surface area contributed by atoms with Gasteiger partial charge in [0.05, 0.1) is 0 Å². The Bertz CT molecular complexity index is 1000. The molecule has 57 heavy (non-hydrogen) atoms. The van der Waals surface area contributed by atoms with E-state index in [1.165, 1.54) is 0 Å². The van der Waals surface area contributed by atoms with E-state index in [2.05, 4.69) is 39.5 Å². The molecule has 0 N–H and O–H groups in total. The number of hydrogen-bond donors (Lipinski definition) is 0. The van der Waals surface area contributed by atoms with E-state index in [0.717, 1.165) is 0 Å². The number of rotatable bonds is 24. The maximum Gasteiger partial charge on any atom is 0 e. The van der Waals surface area contributed by atoms with Crippen molar-refractivity contribution >= 4 is 34.7 Å². The Balaban J connectivity index is -0.0000000686. The Morgan fingerprint density at radius 3 is 0.474 bits per heavy atom. The van der Waals surface area contributed by atoms with Gasteiger partial charge in [0.1, 0.15) is 0 Å². The second-order valence-corrected chi connectivity index (χ2v) is 10.3. The molecule has 0 aliphatic heterocycles. The van der Waals surface area contributed by atoms with Gasteiger partial charge in [0.25, 0.3) is 0 Å². The summed E-state index contributed by atoms with van der Waals surface area (Å²) < 4.78 is 0. The largest absolute Gasteiger partial charge is 0.335 e. The van der Waals surface area contributed by atoms with Crippen molar-refractivity contribution < 1.29 is 127 Å². The van der Waals surface area contributed by atoms with Crippen LogP contribution in [0, 0.1) is 38.5 Å². The van der Waals surface area contributed by atoms with Gasteiger partial charge in [-0.2, -0.15) is 0 Å². The van der Waals surface area contributed by atoms with Crippen LogP contribution in [0.5, 0.6) is 0 Å². The zero-order chi connectivity index (χ0) is 42.7. The molecule has 0 saturated carbocycles. The molecule has 0 amide bonds. The van der Waals surface area contributed by atoms with E-state index >= 15 is 0 Å². The average molecular weight is 1010 g/mol. The van der Waals surface area contributed by atoms with Crippen LogP contribution in [-0.2, 0) is 127 Å². The average Bonchev–Trinajstić information content (AvgIpc) is 3.10. The molecule has 6 nitrogen and oxygen atoms in total. The third-order valence-corrected chi connectivity index (χ3v) is 4.88. The Kier molecular flexibility index (Phi) is 94.0. The van der Waals surface area contributed by atoms with Crippen LogP contribution in [0.15, 0.2) is 149 Å². The molecule has 0 rings (SSSR count). The van der Waals surface area contributed by atoms with Gasteiger partial charge in [-0.15, -0.1) is 75.0 Å². The molecular formula is C48H66O6Y3-6. The second kappa shape index (κ2) is 71.2. The van der Waals surface area contributed by atoms with E-state index in [1.807, 2.05) is 72.9 Å². The molecule has 309 valence electrons. The Morgan fingerprint density at radius 2 is 0.404 bits per heavy atom. The van der Waals surface area contributed by atoms with Crippen LogP contribution in [-0.4, -0.2) is 34.7 Å². The van der Waals surface area contributed by atoms with Crippen LogP contribution in [0.3, 0.4) is 0 Å². The van der Waals surface area contributed by atoms with Crippen molar-refractivity contribution in [1.29, 1.82) is 0 Å². The van der Waals surface area contributed by atoms with E-state index in [1.54, 1.807) is 117 Å². The number of hydrogen-bond acceptors (Lipinski definition) is 6. The molecule has 0 aromatic heterocycles. The van der Waals surface area contributed by atoms with Crippen molar-refractivity contribution in [1.82, 2.24) is 0 Å². The summed E-state index contributed by atoms with van der Waals surface area (Å²) in [6.07, 6.45) is 46.4. The molecule has 0 saturated heterocycles. The first-order chi connectivity index (χ1) is 25.6. The Morgan fingerprint density at radius 1 is 0.298 bits per heavy atom. The van der Waals surface area contributed by atoms with Crippen LogP contribution in [0.2, 0.25) is 0 Å². The SMILES string of the molecule is C=C/C=C/C[CH-]C(C)=O.C=C/C=C/C[CH-]C(C)=O.C=C/C=C/C[CH-]C(C)=O.C=C/C=C\C[CH-]C(C)=O.C=C/C=C\C[CH-]C(C)=O.C=C/C=C\C[CH-]C(C)=O.[Y].[Y].[Y]. The molecule has 0 aliphatic carbocycles. The molecule has 0 bridgehead atoms. The number of carbonyl (C=O) groups excluding carboxylic acids is 6. The first-order valence-corrected chi connectivity index (χ1v) is 17.3. The fourth-order valence-electron chi connectivity index (χ4n) is 2.45. The molecule has 0 spiro atoms. The topological polar surface area (TPSA) is 102 Å². The summed E-state index contributed by atoms with van der Waals surface area (Å²) in [5, 5.41) is 0. The van der Waals surface area contributed by atoms with Crippen LogP contribution in [0.25, 0.3) is 0 Å². The van der Waals surface area contributed by atoms with E-state index < -0.39 is 0 Å². The number of ketones is 6.